The number of ether oxygens (including phenoxy) is 1. The summed E-state index contributed by atoms with van der Waals surface area (Å²) in [5.74, 6) is 1.74. The summed E-state index contributed by atoms with van der Waals surface area (Å²) < 4.78 is 5.15. The molecule has 0 saturated heterocycles. The fourth-order valence-corrected chi connectivity index (χ4v) is 2.51. The molecule has 0 bridgehead atoms. The number of amidine groups is 1. The molecule has 0 aromatic heterocycles. The molecule has 0 spiro atoms. The largest absolute Gasteiger partial charge is 0.497 e. The first kappa shape index (κ1) is 15.0. The van der Waals surface area contributed by atoms with Gasteiger partial charge < -0.3 is 10.1 Å². The summed E-state index contributed by atoms with van der Waals surface area (Å²) in [4.78, 5) is 0. The lowest BCUT2D eigenvalue weighted by atomic mass is 10.3. The maximum Gasteiger partial charge on any atom is 0.129 e. The van der Waals surface area contributed by atoms with Crippen molar-refractivity contribution in [1.82, 2.24) is 0 Å². The van der Waals surface area contributed by atoms with Gasteiger partial charge in [0, 0.05) is 18.7 Å². The van der Waals surface area contributed by atoms with E-state index in [4.69, 9.17) is 27.9 Å². The second-order valence-electron chi connectivity index (χ2n) is 4.87. The van der Waals surface area contributed by atoms with E-state index < -0.39 is 0 Å². The molecule has 0 atom stereocenters. The molecular weight excluding hydrogens is 321 g/mol. The lowest BCUT2D eigenvalue weighted by Crippen LogP contribution is -2.11. The highest BCUT2D eigenvalue weighted by molar-refractivity contribution is 6.42. The molecule has 1 N–H and O–H groups in total. The molecule has 4 nitrogen and oxygen atoms in total. The number of hydrogen-bond acceptors (Lipinski definition) is 4. The molecule has 3 rings (SSSR count). The van der Waals surface area contributed by atoms with Gasteiger partial charge in [0.15, 0.2) is 0 Å². The molecule has 0 unspecified atom stereocenters. The summed E-state index contributed by atoms with van der Waals surface area (Å²) >= 11 is 12.0. The van der Waals surface area contributed by atoms with Gasteiger partial charge in [-0.1, -0.05) is 23.2 Å². The van der Waals surface area contributed by atoms with Crippen LogP contribution in [0, 0.1) is 0 Å². The van der Waals surface area contributed by atoms with Crippen molar-refractivity contribution in [2.24, 2.45) is 5.10 Å². The Bertz CT molecular complexity index is 701. The maximum absolute atomic E-state index is 6.05. The molecule has 114 valence electrons. The molecule has 0 aliphatic carbocycles. The monoisotopic (exact) mass is 335 g/mol. The van der Waals surface area contributed by atoms with Gasteiger partial charge >= 0.3 is 0 Å². The summed E-state index contributed by atoms with van der Waals surface area (Å²) in [5.41, 5.74) is 1.91. The van der Waals surface area contributed by atoms with Crippen LogP contribution in [0.4, 0.5) is 11.4 Å². The Morgan fingerprint density at radius 2 is 1.86 bits per heavy atom. The predicted molar refractivity (Wildman–Crippen MR) is 92.5 cm³/mol. The zero-order chi connectivity index (χ0) is 15.5. The standard InChI is InChI=1S/C16H15Cl2N3O/c1-22-13-5-2-11(3-6-13)19-16-8-9-21(20-16)12-4-7-14(17)15(18)10-12/h2-7,10H,8-9H2,1H3,(H,19,20). The van der Waals surface area contributed by atoms with Gasteiger partial charge in [-0.3, -0.25) is 5.01 Å². The van der Waals surface area contributed by atoms with Crippen molar-refractivity contribution < 1.29 is 4.74 Å². The summed E-state index contributed by atoms with van der Waals surface area (Å²) in [6, 6.07) is 13.3. The minimum atomic E-state index is 0.533. The predicted octanol–water partition coefficient (Wildman–Crippen LogP) is 4.64. The molecule has 1 aliphatic rings. The molecule has 0 amide bonds. The number of halogens is 2. The Kier molecular flexibility index (Phi) is 4.41. The van der Waals surface area contributed by atoms with Crippen LogP contribution in [0.5, 0.6) is 5.75 Å². The number of hydrazone groups is 1. The molecule has 1 heterocycles. The molecule has 0 fully saturated rings. The fraction of sp³-hybridized carbons (Fsp3) is 0.188. The van der Waals surface area contributed by atoms with Crippen molar-refractivity contribution in [1.29, 1.82) is 0 Å². The topological polar surface area (TPSA) is 36.9 Å². The van der Waals surface area contributed by atoms with E-state index in [1.807, 2.05) is 41.4 Å². The molecular formula is C16H15Cl2N3O. The van der Waals surface area contributed by atoms with Crippen LogP contribution in [-0.4, -0.2) is 19.5 Å². The van der Waals surface area contributed by atoms with E-state index in [0.29, 0.717) is 10.0 Å². The summed E-state index contributed by atoms with van der Waals surface area (Å²) in [6.45, 7) is 0.802. The number of anilines is 2. The summed E-state index contributed by atoms with van der Waals surface area (Å²) in [6.07, 6.45) is 0.840. The molecule has 2 aromatic carbocycles. The quantitative estimate of drug-likeness (QED) is 0.887. The van der Waals surface area contributed by atoms with Crippen molar-refractivity contribution in [2.75, 3.05) is 24.0 Å². The molecule has 22 heavy (non-hydrogen) atoms. The van der Waals surface area contributed by atoms with Gasteiger partial charge in [-0.2, -0.15) is 5.10 Å². The minimum Gasteiger partial charge on any atom is -0.497 e. The molecule has 6 heteroatoms. The van der Waals surface area contributed by atoms with Gasteiger partial charge in [-0.25, -0.2) is 0 Å². The second kappa shape index (κ2) is 6.46. The number of methoxy groups -OCH3 is 1. The van der Waals surface area contributed by atoms with Crippen LogP contribution in [0.2, 0.25) is 10.0 Å². The third-order valence-electron chi connectivity index (χ3n) is 3.38. The van der Waals surface area contributed by atoms with Crippen molar-refractivity contribution in [3.63, 3.8) is 0 Å². The van der Waals surface area contributed by atoms with E-state index in [9.17, 15) is 0 Å². The number of benzene rings is 2. The van der Waals surface area contributed by atoms with Gasteiger partial charge in [0.25, 0.3) is 0 Å². The van der Waals surface area contributed by atoms with Crippen molar-refractivity contribution >= 4 is 40.4 Å². The summed E-state index contributed by atoms with van der Waals surface area (Å²) in [7, 11) is 1.65. The molecule has 2 aromatic rings. The third-order valence-corrected chi connectivity index (χ3v) is 4.12. The maximum atomic E-state index is 6.05. The van der Waals surface area contributed by atoms with Gasteiger partial charge in [0.2, 0.25) is 0 Å². The SMILES string of the molecule is COc1ccc(NC2=NN(c3ccc(Cl)c(Cl)c3)CC2)cc1. The van der Waals surface area contributed by atoms with E-state index in [0.717, 1.165) is 35.9 Å². The van der Waals surface area contributed by atoms with Crippen LogP contribution in [-0.2, 0) is 0 Å². The molecule has 0 saturated carbocycles. The molecule has 0 radical (unpaired) electrons. The van der Waals surface area contributed by atoms with E-state index in [1.165, 1.54) is 0 Å². The highest BCUT2D eigenvalue weighted by Crippen LogP contribution is 2.29. The normalized spacial score (nSPS) is 14.0. The Morgan fingerprint density at radius 3 is 2.55 bits per heavy atom. The van der Waals surface area contributed by atoms with E-state index in [1.54, 1.807) is 13.2 Å². The van der Waals surface area contributed by atoms with Crippen LogP contribution in [0.15, 0.2) is 47.6 Å². The van der Waals surface area contributed by atoms with Gasteiger partial charge in [-0.15, -0.1) is 0 Å². The first-order valence-electron chi connectivity index (χ1n) is 6.87. The Labute approximate surface area is 139 Å². The number of hydrogen-bond donors (Lipinski definition) is 1. The third kappa shape index (κ3) is 3.29. The second-order valence-corrected chi connectivity index (χ2v) is 5.69. The molecule has 1 aliphatic heterocycles. The highest BCUT2D eigenvalue weighted by Gasteiger charge is 2.16. The highest BCUT2D eigenvalue weighted by atomic mass is 35.5. The number of nitrogens with zero attached hydrogens (tertiary/aromatic N) is 2. The lowest BCUT2D eigenvalue weighted by molar-refractivity contribution is 0.415. The van der Waals surface area contributed by atoms with Crippen LogP contribution >= 0.6 is 23.2 Å². The zero-order valence-electron chi connectivity index (χ0n) is 12.0. The first-order chi connectivity index (χ1) is 10.7. The number of rotatable bonds is 3. The van der Waals surface area contributed by atoms with Crippen LogP contribution in [0.1, 0.15) is 6.42 Å². The number of nitrogens with one attached hydrogen (secondary N) is 1. The van der Waals surface area contributed by atoms with Crippen molar-refractivity contribution in [3.8, 4) is 5.75 Å². The lowest BCUT2D eigenvalue weighted by Gasteiger charge is -2.13. The average molecular weight is 336 g/mol. The van der Waals surface area contributed by atoms with Gasteiger partial charge in [0.05, 0.1) is 22.8 Å². The minimum absolute atomic E-state index is 0.533. The fourth-order valence-electron chi connectivity index (χ4n) is 2.22. The van der Waals surface area contributed by atoms with Crippen molar-refractivity contribution in [2.45, 2.75) is 6.42 Å². The van der Waals surface area contributed by atoms with Crippen LogP contribution in [0.3, 0.4) is 0 Å². The van der Waals surface area contributed by atoms with Crippen LogP contribution < -0.4 is 15.1 Å². The van der Waals surface area contributed by atoms with E-state index >= 15 is 0 Å². The average Bonchev–Trinajstić information content (AvgIpc) is 2.99. The van der Waals surface area contributed by atoms with Gasteiger partial charge in [0.1, 0.15) is 11.6 Å². The van der Waals surface area contributed by atoms with E-state index in [2.05, 4.69) is 10.4 Å². The summed E-state index contributed by atoms with van der Waals surface area (Å²) in [5, 5.41) is 10.9. The van der Waals surface area contributed by atoms with Crippen molar-refractivity contribution in [3.05, 3.63) is 52.5 Å². The Morgan fingerprint density at radius 1 is 1.09 bits per heavy atom. The van der Waals surface area contributed by atoms with Crippen LogP contribution in [0.25, 0.3) is 0 Å². The zero-order valence-corrected chi connectivity index (χ0v) is 13.5. The Hall–Kier alpha value is -1.91. The van der Waals surface area contributed by atoms with E-state index in [-0.39, 0.29) is 0 Å². The Balaban J connectivity index is 1.71. The smallest absolute Gasteiger partial charge is 0.129 e. The first-order valence-corrected chi connectivity index (χ1v) is 7.62. The van der Waals surface area contributed by atoms with Gasteiger partial charge in [-0.05, 0) is 42.5 Å².